The Morgan fingerprint density at radius 2 is 1.06 bits per heavy atom. The number of phosphoric ester groups is 1. The van der Waals surface area contributed by atoms with Gasteiger partial charge in [-0.1, -0.05) is 130 Å². The molecule has 10 heteroatoms. The molecule has 0 aliphatic carbocycles. The number of unbranched alkanes of at least 4 members (excludes halogenated alkanes) is 5. The summed E-state index contributed by atoms with van der Waals surface area (Å²) in [5, 5.41) is 9.70. The number of carbonyl (C=O) groups excluding carboxylic acids is 2. The average molecular weight is 761 g/mol. The molecule has 9 nitrogen and oxygen atoms in total. The van der Waals surface area contributed by atoms with Gasteiger partial charge in [-0.2, -0.15) is 0 Å². The largest absolute Gasteiger partial charge is 0.469 e. The van der Waals surface area contributed by atoms with E-state index in [1.165, 1.54) is 0 Å². The van der Waals surface area contributed by atoms with Crippen LogP contribution < -0.4 is 0 Å². The highest BCUT2D eigenvalue weighted by atomic mass is 31.2. The van der Waals surface area contributed by atoms with Gasteiger partial charge in [0.1, 0.15) is 6.61 Å². The second kappa shape index (κ2) is 37.3. The molecule has 0 saturated heterocycles. The Balaban J connectivity index is 4.15. The molecule has 300 valence electrons. The Kier molecular flexibility index (Phi) is 35.1. The molecular weight excluding hydrogens is 691 g/mol. The zero-order chi connectivity index (χ0) is 39.1. The highest BCUT2D eigenvalue weighted by Gasteiger charge is 2.22. The van der Waals surface area contributed by atoms with Crippen LogP contribution in [0.3, 0.4) is 0 Å². The van der Waals surface area contributed by atoms with Crippen molar-refractivity contribution in [3.05, 3.63) is 97.2 Å². The van der Waals surface area contributed by atoms with E-state index in [2.05, 4.69) is 97.4 Å². The quantitative estimate of drug-likeness (QED) is 0.0253. The molecule has 1 unspecified atom stereocenters. The van der Waals surface area contributed by atoms with Gasteiger partial charge in [-0.15, -0.1) is 0 Å². The molecule has 0 spiro atoms. The molecule has 2 atom stereocenters. The number of rotatable bonds is 34. The minimum Gasteiger partial charge on any atom is -0.462 e. The maximum Gasteiger partial charge on any atom is 0.469 e. The lowest BCUT2D eigenvalue weighted by Gasteiger charge is -2.18. The monoisotopic (exact) mass is 760 g/mol. The van der Waals surface area contributed by atoms with E-state index in [9.17, 15) is 19.3 Å². The molecule has 0 fully saturated rings. The van der Waals surface area contributed by atoms with Gasteiger partial charge >= 0.3 is 19.8 Å². The molecule has 0 amide bonds. The molecule has 0 saturated carbocycles. The molecule has 3 N–H and O–H groups in total. The van der Waals surface area contributed by atoms with Crippen LogP contribution in [-0.2, 0) is 28.2 Å². The molecule has 0 aromatic rings. The molecule has 0 heterocycles. The number of aliphatic hydroxyl groups excluding tert-OH is 1. The fourth-order valence-electron chi connectivity index (χ4n) is 4.78. The van der Waals surface area contributed by atoms with Crippen LogP contribution in [0.4, 0.5) is 0 Å². The molecule has 0 bridgehead atoms. The zero-order valence-electron chi connectivity index (χ0n) is 32.5. The van der Waals surface area contributed by atoms with Gasteiger partial charge in [-0.25, -0.2) is 4.57 Å². The first-order valence-electron chi connectivity index (χ1n) is 19.6. The number of phosphoric acid groups is 1. The van der Waals surface area contributed by atoms with Crippen molar-refractivity contribution in [3.63, 3.8) is 0 Å². The van der Waals surface area contributed by atoms with E-state index in [0.29, 0.717) is 25.7 Å². The SMILES string of the molecule is CC/C=C\C/C=C\C/C=C\C/C=C\CCCCCCC(=O)OC[C@H](COP(=O)(O)O)OC(=O)CCC/C=C\C/C=C\C/C=C\C/C=C\CC(O)CCC. The predicted molar refractivity (Wildman–Crippen MR) is 217 cm³/mol. The van der Waals surface area contributed by atoms with Crippen molar-refractivity contribution in [3.8, 4) is 0 Å². The van der Waals surface area contributed by atoms with Crippen molar-refractivity contribution in [2.75, 3.05) is 13.2 Å². The van der Waals surface area contributed by atoms with Crippen molar-refractivity contribution in [1.29, 1.82) is 0 Å². The lowest BCUT2D eigenvalue weighted by atomic mass is 10.1. The van der Waals surface area contributed by atoms with Crippen LogP contribution in [0.1, 0.15) is 136 Å². The Hall–Kier alpha value is -3.07. The summed E-state index contributed by atoms with van der Waals surface area (Å²) in [6.07, 6.45) is 47.6. The first-order chi connectivity index (χ1) is 25.7. The highest BCUT2D eigenvalue weighted by molar-refractivity contribution is 7.46. The lowest BCUT2D eigenvalue weighted by molar-refractivity contribution is -0.161. The van der Waals surface area contributed by atoms with E-state index >= 15 is 0 Å². The maximum atomic E-state index is 12.4. The van der Waals surface area contributed by atoms with Crippen molar-refractivity contribution >= 4 is 19.8 Å². The van der Waals surface area contributed by atoms with Gasteiger partial charge in [-0.3, -0.25) is 14.1 Å². The molecule has 0 aliphatic rings. The first kappa shape index (κ1) is 49.9. The molecular formula is C43H69O9P. The summed E-state index contributed by atoms with van der Waals surface area (Å²) in [5.74, 6) is -1.01. The second-order valence-corrected chi connectivity index (χ2v) is 13.9. The fraction of sp³-hybridized carbons (Fsp3) is 0.581. The molecule has 53 heavy (non-hydrogen) atoms. The average Bonchev–Trinajstić information content (AvgIpc) is 3.12. The number of hydrogen-bond acceptors (Lipinski definition) is 7. The van der Waals surface area contributed by atoms with E-state index in [-0.39, 0.29) is 25.6 Å². The van der Waals surface area contributed by atoms with Crippen LogP contribution in [0.5, 0.6) is 0 Å². The van der Waals surface area contributed by atoms with Crippen LogP contribution in [0.15, 0.2) is 97.2 Å². The highest BCUT2D eigenvalue weighted by Crippen LogP contribution is 2.35. The van der Waals surface area contributed by atoms with E-state index < -0.39 is 32.5 Å². The van der Waals surface area contributed by atoms with Gasteiger partial charge in [0.05, 0.1) is 12.7 Å². The standard InChI is InChI=1S/C43H69O9P/c1-3-5-6-7-8-9-10-11-12-13-14-17-20-23-26-29-32-36-42(45)50-38-41(39-51-53(47,48)49)52-43(46)37-33-30-27-24-21-18-15-16-19-22-25-28-31-35-40(44)34-4-2/h5-6,8-9,11-12,14-15,17-19,22,24,27-28,31,40-41,44H,3-4,7,10,13,16,20-21,23,25-26,29-30,32-39H2,1-2H3,(H2,47,48,49)/b6-5-,9-8-,12-11-,17-14-,18-15-,22-19-,27-24-,31-28-/t40?,41-/m1/s1. The van der Waals surface area contributed by atoms with Gasteiger partial charge in [0.15, 0.2) is 6.10 Å². The summed E-state index contributed by atoms with van der Waals surface area (Å²) in [4.78, 5) is 42.7. The number of carbonyl (C=O) groups is 2. The van der Waals surface area contributed by atoms with Gasteiger partial charge < -0.3 is 24.4 Å². The summed E-state index contributed by atoms with van der Waals surface area (Å²) >= 11 is 0. The summed E-state index contributed by atoms with van der Waals surface area (Å²) in [7, 11) is -4.79. The first-order valence-corrected chi connectivity index (χ1v) is 21.1. The number of hydrogen-bond donors (Lipinski definition) is 3. The Bertz CT molecular complexity index is 1190. The summed E-state index contributed by atoms with van der Waals surface area (Å²) in [6, 6.07) is 0. The Labute approximate surface area is 320 Å². The van der Waals surface area contributed by atoms with Crippen molar-refractivity contribution in [2.24, 2.45) is 0 Å². The third-order valence-corrected chi connectivity index (χ3v) is 8.13. The maximum absolute atomic E-state index is 12.4. The van der Waals surface area contributed by atoms with E-state index in [4.69, 9.17) is 19.3 Å². The third kappa shape index (κ3) is 40.0. The van der Waals surface area contributed by atoms with E-state index in [1.54, 1.807) is 0 Å². The number of ether oxygens (including phenoxy) is 2. The van der Waals surface area contributed by atoms with Crippen LogP contribution in [0.25, 0.3) is 0 Å². The Morgan fingerprint density at radius 1 is 0.585 bits per heavy atom. The third-order valence-electron chi connectivity index (χ3n) is 7.64. The Morgan fingerprint density at radius 3 is 1.58 bits per heavy atom. The van der Waals surface area contributed by atoms with Crippen molar-refractivity contribution < 1.29 is 43.0 Å². The van der Waals surface area contributed by atoms with Gasteiger partial charge in [0.2, 0.25) is 0 Å². The summed E-state index contributed by atoms with van der Waals surface area (Å²) in [5.41, 5.74) is 0. The van der Waals surface area contributed by atoms with E-state index in [1.807, 2.05) is 18.2 Å². The second-order valence-electron chi connectivity index (χ2n) is 12.7. The topological polar surface area (TPSA) is 140 Å². The molecule has 0 aliphatic heterocycles. The predicted octanol–water partition coefficient (Wildman–Crippen LogP) is 10.8. The summed E-state index contributed by atoms with van der Waals surface area (Å²) in [6.45, 7) is 3.28. The van der Waals surface area contributed by atoms with E-state index in [0.717, 1.165) is 83.5 Å². The molecule has 0 aromatic heterocycles. The minimum absolute atomic E-state index is 0.109. The zero-order valence-corrected chi connectivity index (χ0v) is 33.4. The fourth-order valence-corrected chi connectivity index (χ4v) is 5.14. The minimum atomic E-state index is -4.79. The number of allylic oxidation sites excluding steroid dienone is 15. The smallest absolute Gasteiger partial charge is 0.462 e. The van der Waals surface area contributed by atoms with Gasteiger partial charge in [-0.05, 0) is 89.9 Å². The van der Waals surface area contributed by atoms with Gasteiger partial charge in [0.25, 0.3) is 0 Å². The number of esters is 2. The van der Waals surface area contributed by atoms with Gasteiger partial charge in [0, 0.05) is 12.8 Å². The normalized spacial score (nSPS) is 14.1. The van der Waals surface area contributed by atoms with Crippen LogP contribution >= 0.6 is 7.82 Å². The van der Waals surface area contributed by atoms with Crippen LogP contribution in [0.2, 0.25) is 0 Å². The number of aliphatic hydroxyl groups is 1. The van der Waals surface area contributed by atoms with Crippen molar-refractivity contribution in [2.45, 2.75) is 148 Å². The van der Waals surface area contributed by atoms with Crippen LogP contribution in [-0.4, -0.2) is 52.3 Å². The molecule has 0 radical (unpaired) electrons. The summed E-state index contributed by atoms with van der Waals surface area (Å²) < 4.78 is 26.2. The van der Waals surface area contributed by atoms with Crippen molar-refractivity contribution in [1.82, 2.24) is 0 Å². The lowest BCUT2D eigenvalue weighted by Crippen LogP contribution is -2.29. The van der Waals surface area contributed by atoms with Crippen LogP contribution in [0, 0.1) is 0 Å². The molecule has 0 aromatic carbocycles. The molecule has 0 rings (SSSR count).